The molecule has 0 saturated heterocycles. The highest BCUT2D eigenvalue weighted by Gasteiger charge is 2.67. The van der Waals surface area contributed by atoms with Crippen LogP contribution in [0.1, 0.15) is 66.4 Å². The van der Waals surface area contributed by atoms with Crippen molar-refractivity contribution in [1.82, 2.24) is 0 Å². The Morgan fingerprint density at radius 2 is 1.90 bits per heavy atom. The fraction of sp³-hybridized carbons (Fsp3) is 0.583. The Morgan fingerprint density at radius 1 is 1.17 bits per heavy atom. The van der Waals surface area contributed by atoms with Gasteiger partial charge < -0.3 is 0 Å². The maximum Gasteiger partial charge on any atom is 0.261 e. The number of anilines is 1. The largest absolute Gasteiger partial charge is 0.269 e. The lowest BCUT2D eigenvalue weighted by Gasteiger charge is -2.66. The van der Waals surface area contributed by atoms with Crippen molar-refractivity contribution in [1.29, 1.82) is 0 Å². The summed E-state index contributed by atoms with van der Waals surface area (Å²) in [6.07, 6.45) is 4.84. The minimum atomic E-state index is -0.725. The third-order valence-electron chi connectivity index (χ3n) is 7.70. The molecular formula is C24H31NO4. The highest BCUT2D eigenvalue weighted by Crippen LogP contribution is 2.66. The van der Waals surface area contributed by atoms with Crippen molar-refractivity contribution in [3.63, 3.8) is 0 Å². The van der Waals surface area contributed by atoms with Gasteiger partial charge in [0.05, 0.1) is 5.69 Å². The average Bonchev–Trinajstić information content (AvgIpc) is 2.92. The van der Waals surface area contributed by atoms with Crippen LogP contribution in [0.4, 0.5) is 5.69 Å². The van der Waals surface area contributed by atoms with Gasteiger partial charge in [-0.15, -0.1) is 0 Å². The molecule has 156 valence electrons. The van der Waals surface area contributed by atoms with Crippen molar-refractivity contribution in [3.05, 3.63) is 41.5 Å². The Bertz CT molecular complexity index is 900. The molecule has 5 heteroatoms. The molecular weight excluding hydrogens is 366 g/mol. The molecule has 4 aliphatic rings. The zero-order chi connectivity index (χ0) is 21.2. The summed E-state index contributed by atoms with van der Waals surface area (Å²) in [5, 5.41) is 0. The van der Waals surface area contributed by atoms with E-state index in [2.05, 4.69) is 20.8 Å². The highest BCUT2D eigenvalue weighted by molar-refractivity contribution is 6.30. The van der Waals surface area contributed by atoms with Crippen LogP contribution in [-0.2, 0) is 25.0 Å². The van der Waals surface area contributed by atoms with Gasteiger partial charge in [0.15, 0.2) is 0 Å². The summed E-state index contributed by atoms with van der Waals surface area (Å²) in [6.45, 7) is 12.4. The van der Waals surface area contributed by atoms with Crippen molar-refractivity contribution < 1.29 is 19.4 Å². The number of fused-ring (bicyclic) bond motifs is 2. The molecule has 3 unspecified atom stereocenters. The van der Waals surface area contributed by atoms with Crippen LogP contribution in [0.25, 0.3) is 0 Å². The van der Waals surface area contributed by atoms with E-state index in [4.69, 9.17) is 9.78 Å². The predicted octanol–water partition coefficient (Wildman–Crippen LogP) is 4.90. The lowest BCUT2D eigenvalue weighted by atomic mass is 9.43. The van der Waals surface area contributed by atoms with Gasteiger partial charge in [-0.3, -0.25) is 9.59 Å². The standard InChI is InChI=1S/C24H31NO4/c1-15-12-20(26)25(21(15)27)19-9-7-8-17(13-19)23(5,6)28-29-24-14-18(22(24,3)4)11-10-16(24)2/h7-9,12-13,16,18H,10-11,14H2,1-6H3. The van der Waals surface area contributed by atoms with Crippen molar-refractivity contribution in [3.8, 4) is 0 Å². The first-order chi connectivity index (χ1) is 13.5. The van der Waals surface area contributed by atoms with E-state index in [1.165, 1.54) is 23.8 Å². The van der Waals surface area contributed by atoms with Gasteiger partial charge in [-0.25, -0.2) is 14.7 Å². The molecule has 2 bridgehead atoms. The number of nitrogens with zero attached hydrogens (tertiary/aromatic N) is 1. The molecule has 1 aromatic carbocycles. The summed E-state index contributed by atoms with van der Waals surface area (Å²) in [4.78, 5) is 38.1. The smallest absolute Gasteiger partial charge is 0.261 e. The Hall–Kier alpha value is -1.98. The van der Waals surface area contributed by atoms with E-state index in [9.17, 15) is 9.59 Å². The number of hydrogen-bond donors (Lipinski definition) is 0. The average molecular weight is 398 g/mol. The van der Waals surface area contributed by atoms with E-state index in [0.29, 0.717) is 23.1 Å². The molecule has 3 aliphatic carbocycles. The third kappa shape index (κ3) is 2.89. The summed E-state index contributed by atoms with van der Waals surface area (Å²) >= 11 is 0. The van der Waals surface area contributed by atoms with Gasteiger partial charge >= 0.3 is 0 Å². The van der Waals surface area contributed by atoms with Crippen LogP contribution in [-0.4, -0.2) is 17.4 Å². The van der Waals surface area contributed by atoms with E-state index in [1.54, 1.807) is 13.0 Å². The Labute approximate surface area is 173 Å². The van der Waals surface area contributed by atoms with Crippen molar-refractivity contribution in [2.75, 3.05) is 4.90 Å². The fourth-order valence-electron chi connectivity index (χ4n) is 5.38. The number of rotatable bonds is 5. The second kappa shape index (κ2) is 6.51. The molecule has 0 aromatic heterocycles. The normalized spacial score (nSPS) is 31.0. The van der Waals surface area contributed by atoms with Crippen molar-refractivity contribution in [2.45, 2.75) is 72.0 Å². The summed E-state index contributed by atoms with van der Waals surface area (Å²) in [5.41, 5.74) is 0.972. The number of benzene rings is 1. The maximum atomic E-state index is 12.3. The van der Waals surface area contributed by atoms with Crippen LogP contribution >= 0.6 is 0 Å². The van der Waals surface area contributed by atoms with Gasteiger partial charge in [-0.05, 0) is 69.6 Å². The Morgan fingerprint density at radius 3 is 2.48 bits per heavy atom. The van der Waals surface area contributed by atoms with Crippen LogP contribution in [0, 0.1) is 17.3 Å². The molecule has 3 atom stereocenters. The number of carbonyl (C=O) groups excluding carboxylic acids is 2. The first-order valence-electron chi connectivity index (χ1n) is 10.5. The summed E-state index contributed by atoms with van der Waals surface area (Å²) in [5.74, 6) is 0.548. The molecule has 3 saturated carbocycles. The van der Waals surface area contributed by atoms with Crippen LogP contribution in [0.5, 0.6) is 0 Å². The van der Waals surface area contributed by atoms with Crippen LogP contribution in [0.2, 0.25) is 0 Å². The minimum Gasteiger partial charge on any atom is -0.269 e. The second-order valence-corrected chi connectivity index (χ2v) is 10.0. The molecule has 1 heterocycles. The summed E-state index contributed by atoms with van der Waals surface area (Å²) in [7, 11) is 0. The SMILES string of the molecule is CC1=CC(=O)N(c2cccc(C(C)(C)OOC34CC(CCC3C)C4(C)C)c2)C1=O. The van der Waals surface area contributed by atoms with Crippen molar-refractivity contribution >= 4 is 17.5 Å². The molecule has 0 radical (unpaired) electrons. The highest BCUT2D eigenvalue weighted by atomic mass is 17.2. The summed E-state index contributed by atoms with van der Waals surface area (Å²) in [6, 6.07) is 7.39. The van der Waals surface area contributed by atoms with E-state index in [1.807, 2.05) is 32.0 Å². The monoisotopic (exact) mass is 397 g/mol. The quantitative estimate of drug-likeness (QED) is 0.403. The van der Waals surface area contributed by atoms with Gasteiger partial charge in [0.2, 0.25) is 0 Å². The first-order valence-corrected chi connectivity index (χ1v) is 10.5. The van der Waals surface area contributed by atoms with Gasteiger partial charge in [-0.1, -0.05) is 32.9 Å². The van der Waals surface area contributed by atoms with Crippen LogP contribution in [0.3, 0.4) is 0 Å². The number of carbonyl (C=O) groups is 2. The predicted molar refractivity (Wildman–Crippen MR) is 111 cm³/mol. The summed E-state index contributed by atoms with van der Waals surface area (Å²) < 4.78 is 0. The van der Waals surface area contributed by atoms with E-state index in [0.717, 1.165) is 12.0 Å². The molecule has 3 fully saturated rings. The van der Waals surface area contributed by atoms with Crippen molar-refractivity contribution in [2.24, 2.45) is 17.3 Å². The van der Waals surface area contributed by atoms with Crippen LogP contribution in [0.15, 0.2) is 35.9 Å². The molecule has 0 N–H and O–H groups in total. The molecule has 1 aliphatic heterocycles. The maximum absolute atomic E-state index is 12.3. The zero-order valence-electron chi connectivity index (χ0n) is 18.2. The molecule has 5 rings (SSSR count). The number of amides is 2. The Balaban J connectivity index is 1.54. The molecule has 5 nitrogen and oxygen atoms in total. The van der Waals surface area contributed by atoms with E-state index >= 15 is 0 Å². The lowest BCUT2D eigenvalue weighted by Crippen LogP contribution is -2.68. The van der Waals surface area contributed by atoms with Gasteiger partial charge in [-0.2, -0.15) is 0 Å². The number of imide groups is 1. The van der Waals surface area contributed by atoms with Gasteiger partial charge in [0.25, 0.3) is 11.8 Å². The first kappa shape index (κ1) is 20.3. The number of hydrogen-bond acceptors (Lipinski definition) is 4. The lowest BCUT2D eigenvalue weighted by molar-refractivity contribution is -0.475. The molecule has 29 heavy (non-hydrogen) atoms. The van der Waals surface area contributed by atoms with E-state index in [-0.39, 0.29) is 22.8 Å². The van der Waals surface area contributed by atoms with E-state index < -0.39 is 5.60 Å². The molecule has 1 aromatic rings. The molecule has 0 spiro atoms. The van der Waals surface area contributed by atoms with Gasteiger partial charge in [0, 0.05) is 17.1 Å². The molecule has 2 amide bonds. The van der Waals surface area contributed by atoms with Gasteiger partial charge in [0.1, 0.15) is 11.2 Å². The minimum absolute atomic E-state index is 0.0974. The second-order valence-electron chi connectivity index (χ2n) is 10.0. The zero-order valence-corrected chi connectivity index (χ0v) is 18.2. The van der Waals surface area contributed by atoms with Crippen LogP contribution < -0.4 is 4.90 Å². The Kier molecular flexibility index (Phi) is 4.56. The topological polar surface area (TPSA) is 55.8 Å². The third-order valence-corrected chi connectivity index (χ3v) is 7.70. The fourth-order valence-corrected chi connectivity index (χ4v) is 5.38.